The molecule has 0 aliphatic carbocycles. The molecule has 0 fully saturated rings. The molecule has 1 aromatic heterocycles. The van der Waals surface area contributed by atoms with Gasteiger partial charge in [-0.15, -0.1) is 0 Å². The van der Waals surface area contributed by atoms with Crippen molar-refractivity contribution in [1.82, 2.24) is 9.97 Å². The summed E-state index contributed by atoms with van der Waals surface area (Å²) in [7, 11) is -2.40. The second kappa shape index (κ2) is 7.11. The predicted octanol–water partition coefficient (Wildman–Crippen LogP) is 1.80. The molecule has 0 aliphatic heterocycles. The summed E-state index contributed by atoms with van der Waals surface area (Å²) >= 11 is 0. The minimum Gasteiger partial charge on any atom is -0.480 e. The summed E-state index contributed by atoms with van der Waals surface area (Å²) in [6, 6.07) is 5.54. The van der Waals surface area contributed by atoms with Crippen LogP contribution in [0.3, 0.4) is 0 Å². The molecule has 0 aliphatic rings. The first-order valence-corrected chi connectivity index (χ1v) is 8.55. The number of rotatable bonds is 5. The largest absolute Gasteiger partial charge is 0.480 e. The van der Waals surface area contributed by atoms with Crippen LogP contribution in [-0.4, -0.2) is 31.2 Å². The maximum Gasteiger partial charge on any atom is 0.235 e. The lowest BCUT2D eigenvalue weighted by Gasteiger charge is -2.12. The van der Waals surface area contributed by atoms with Crippen LogP contribution in [0, 0.1) is 28.5 Å². The van der Waals surface area contributed by atoms with Crippen molar-refractivity contribution in [3.05, 3.63) is 35.4 Å². The lowest BCUT2D eigenvalue weighted by atomic mass is 10.0. The van der Waals surface area contributed by atoms with Gasteiger partial charge in [-0.2, -0.15) is 10.5 Å². The van der Waals surface area contributed by atoms with Crippen LogP contribution >= 0.6 is 0 Å². The van der Waals surface area contributed by atoms with Crippen molar-refractivity contribution in [2.45, 2.75) is 6.92 Å². The number of benzene rings is 1. The highest BCUT2D eigenvalue weighted by Gasteiger charge is 2.20. The van der Waals surface area contributed by atoms with E-state index in [4.69, 9.17) is 10.00 Å². The fourth-order valence-electron chi connectivity index (χ4n) is 2.00. The summed E-state index contributed by atoms with van der Waals surface area (Å²) in [6.07, 6.45) is 1.09. The number of nitrogens with one attached hydrogen (secondary N) is 1. The molecule has 1 heterocycles. The van der Waals surface area contributed by atoms with Gasteiger partial charge < -0.3 is 4.74 Å². The molecule has 0 spiro atoms. The van der Waals surface area contributed by atoms with Crippen LogP contribution in [0.25, 0.3) is 11.3 Å². The summed E-state index contributed by atoms with van der Waals surface area (Å²) in [5.74, 6) is -1.12. The van der Waals surface area contributed by atoms with E-state index in [9.17, 15) is 18.1 Å². The summed E-state index contributed by atoms with van der Waals surface area (Å²) in [5, 5.41) is 18.4. The SMILES string of the molecule is CCS(=O)(=O)Nc1cc(-c2ncnc(OC)c2C#N)c(F)cc1C#N. The van der Waals surface area contributed by atoms with Crippen molar-refractivity contribution < 1.29 is 17.5 Å². The number of hydrogen-bond donors (Lipinski definition) is 1. The molecule has 1 aromatic carbocycles. The first-order valence-electron chi connectivity index (χ1n) is 6.90. The molecule has 0 bridgehead atoms. The van der Waals surface area contributed by atoms with Gasteiger partial charge in [-0.1, -0.05) is 0 Å². The van der Waals surface area contributed by atoms with Gasteiger partial charge in [-0.25, -0.2) is 22.8 Å². The fraction of sp³-hybridized carbons (Fsp3) is 0.200. The van der Waals surface area contributed by atoms with Crippen LogP contribution in [0.1, 0.15) is 18.1 Å². The summed E-state index contributed by atoms with van der Waals surface area (Å²) < 4.78 is 45.2. The normalized spacial score (nSPS) is 10.6. The zero-order valence-corrected chi connectivity index (χ0v) is 14.1. The number of methoxy groups -OCH3 is 1. The fourth-order valence-corrected chi connectivity index (χ4v) is 2.65. The zero-order valence-electron chi connectivity index (χ0n) is 13.2. The van der Waals surface area contributed by atoms with Crippen LogP contribution < -0.4 is 9.46 Å². The lowest BCUT2D eigenvalue weighted by Crippen LogP contribution is -2.15. The zero-order chi connectivity index (χ0) is 18.6. The lowest BCUT2D eigenvalue weighted by molar-refractivity contribution is 0.395. The number of nitrogens with zero attached hydrogens (tertiary/aromatic N) is 4. The van der Waals surface area contributed by atoms with Crippen LogP contribution in [0.4, 0.5) is 10.1 Å². The average Bonchev–Trinajstić information content (AvgIpc) is 2.61. The maximum absolute atomic E-state index is 14.4. The number of hydrogen-bond acceptors (Lipinski definition) is 7. The Balaban J connectivity index is 2.73. The number of halogens is 1. The molecule has 128 valence electrons. The van der Waals surface area contributed by atoms with Gasteiger partial charge in [-0.05, 0) is 19.1 Å². The van der Waals surface area contributed by atoms with E-state index in [2.05, 4.69) is 14.7 Å². The van der Waals surface area contributed by atoms with Gasteiger partial charge in [0.15, 0.2) is 0 Å². The monoisotopic (exact) mass is 361 g/mol. The van der Waals surface area contributed by atoms with E-state index in [0.29, 0.717) is 0 Å². The number of sulfonamides is 1. The van der Waals surface area contributed by atoms with Gasteiger partial charge in [0.1, 0.15) is 29.8 Å². The highest BCUT2D eigenvalue weighted by Crippen LogP contribution is 2.32. The van der Waals surface area contributed by atoms with Gasteiger partial charge in [0.2, 0.25) is 15.9 Å². The van der Waals surface area contributed by atoms with Crippen molar-refractivity contribution in [3.63, 3.8) is 0 Å². The maximum atomic E-state index is 14.4. The molecular weight excluding hydrogens is 349 g/mol. The molecule has 2 rings (SSSR count). The molecule has 0 unspecified atom stereocenters. The number of ether oxygens (including phenoxy) is 1. The molecular formula is C15H12FN5O3S. The molecule has 1 N–H and O–H groups in total. The topological polar surface area (TPSA) is 129 Å². The Morgan fingerprint density at radius 2 is 2.00 bits per heavy atom. The van der Waals surface area contributed by atoms with Gasteiger partial charge in [-0.3, -0.25) is 4.72 Å². The highest BCUT2D eigenvalue weighted by molar-refractivity contribution is 7.92. The van der Waals surface area contributed by atoms with Crippen molar-refractivity contribution in [3.8, 4) is 29.3 Å². The van der Waals surface area contributed by atoms with E-state index in [1.54, 1.807) is 6.07 Å². The second-order valence-electron chi connectivity index (χ2n) is 4.71. The van der Waals surface area contributed by atoms with Crippen molar-refractivity contribution >= 4 is 15.7 Å². The molecule has 8 nitrogen and oxygen atoms in total. The molecule has 0 saturated carbocycles. The number of nitriles is 2. The minimum absolute atomic E-state index is 0.0491. The first-order chi connectivity index (χ1) is 11.9. The third-order valence-electron chi connectivity index (χ3n) is 3.25. The minimum atomic E-state index is -3.69. The Hall–Kier alpha value is -3.24. The van der Waals surface area contributed by atoms with E-state index in [-0.39, 0.29) is 39.7 Å². The van der Waals surface area contributed by atoms with Gasteiger partial charge >= 0.3 is 0 Å². The van der Waals surface area contributed by atoms with Crippen LogP contribution in [0.15, 0.2) is 18.5 Å². The van der Waals surface area contributed by atoms with Gasteiger partial charge in [0.05, 0.1) is 29.8 Å². The standard InChI is InChI=1S/C15H12FN5O3S/c1-3-25(22,23)21-13-5-10(12(16)4-9(13)6-17)14-11(7-18)15(24-2)20-8-19-14/h4-5,8,21H,3H2,1-2H3. The van der Waals surface area contributed by atoms with Crippen LogP contribution in [-0.2, 0) is 10.0 Å². The molecule has 2 aromatic rings. The Morgan fingerprint density at radius 1 is 1.28 bits per heavy atom. The molecule has 0 atom stereocenters. The Labute approximate surface area is 143 Å². The third kappa shape index (κ3) is 3.65. The van der Waals surface area contributed by atoms with Gasteiger partial charge in [0.25, 0.3) is 0 Å². The summed E-state index contributed by atoms with van der Waals surface area (Å²) in [6.45, 7) is 1.42. The van der Waals surface area contributed by atoms with Gasteiger partial charge in [0, 0.05) is 5.56 Å². The van der Waals surface area contributed by atoms with E-state index in [1.165, 1.54) is 14.0 Å². The number of aromatic nitrogens is 2. The molecule has 25 heavy (non-hydrogen) atoms. The second-order valence-corrected chi connectivity index (χ2v) is 6.72. The first kappa shape index (κ1) is 18.1. The summed E-state index contributed by atoms with van der Waals surface area (Å²) in [5.41, 5.74) is -0.656. The van der Waals surface area contributed by atoms with Crippen molar-refractivity contribution in [2.24, 2.45) is 0 Å². The van der Waals surface area contributed by atoms with E-state index in [0.717, 1.165) is 18.5 Å². The Bertz CT molecular complexity index is 1010. The number of anilines is 1. The Morgan fingerprint density at radius 3 is 2.56 bits per heavy atom. The van der Waals surface area contributed by atoms with E-state index in [1.807, 2.05) is 6.07 Å². The average molecular weight is 361 g/mol. The smallest absolute Gasteiger partial charge is 0.235 e. The summed E-state index contributed by atoms with van der Waals surface area (Å²) in [4.78, 5) is 7.66. The van der Waals surface area contributed by atoms with E-state index >= 15 is 0 Å². The predicted molar refractivity (Wildman–Crippen MR) is 86.5 cm³/mol. The molecule has 0 radical (unpaired) electrons. The molecule has 0 amide bonds. The third-order valence-corrected chi connectivity index (χ3v) is 4.54. The Kier molecular flexibility index (Phi) is 5.15. The van der Waals surface area contributed by atoms with Crippen molar-refractivity contribution in [2.75, 3.05) is 17.6 Å². The highest BCUT2D eigenvalue weighted by atomic mass is 32.2. The van der Waals surface area contributed by atoms with Crippen LogP contribution in [0.2, 0.25) is 0 Å². The quantitative estimate of drug-likeness (QED) is 0.859. The van der Waals surface area contributed by atoms with Crippen molar-refractivity contribution in [1.29, 1.82) is 10.5 Å². The van der Waals surface area contributed by atoms with E-state index < -0.39 is 15.8 Å². The molecule has 10 heteroatoms. The molecule has 0 saturated heterocycles. The van der Waals surface area contributed by atoms with Crippen LogP contribution in [0.5, 0.6) is 5.88 Å².